The van der Waals surface area contributed by atoms with Crippen LogP contribution in [-0.2, 0) is 66.8 Å². The Labute approximate surface area is 82.8 Å². The molecular weight excluding hydrogens is 227 g/mol. The van der Waals surface area contributed by atoms with E-state index in [1.165, 1.54) is 0 Å². The van der Waals surface area contributed by atoms with E-state index < -0.39 is 0 Å². The van der Waals surface area contributed by atoms with E-state index in [0.29, 0.717) is 0 Å². The van der Waals surface area contributed by atoms with Crippen LogP contribution in [0.4, 0.5) is 0 Å². The van der Waals surface area contributed by atoms with Gasteiger partial charge in [-0.1, -0.05) is 0 Å². The van der Waals surface area contributed by atoms with Crippen LogP contribution >= 0.6 is 0 Å². The minimum atomic E-state index is 0. The van der Waals surface area contributed by atoms with Crippen LogP contribution in [0.5, 0.6) is 0 Å². The van der Waals surface area contributed by atoms with Crippen LogP contribution in [0.3, 0.4) is 0 Å². The second-order valence-corrected chi connectivity index (χ2v) is 0. The molecule has 0 rings (SSSR count). The average Bonchev–Trinajstić information content (AvgIpc) is 0. The summed E-state index contributed by atoms with van der Waals surface area (Å²) in [6, 6.07) is 0. The van der Waals surface area contributed by atoms with Crippen LogP contribution in [-0.4, -0.2) is 17.4 Å². The van der Waals surface area contributed by atoms with Gasteiger partial charge in [0.25, 0.3) is 0 Å². The smallest absolute Gasteiger partial charge is 2.00 e. The molecule has 0 nitrogen and oxygen atoms in total. The third kappa shape index (κ3) is 8.82. The minimum Gasteiger partial charge on any atom is 2.00 e. The van der Waals surface area contributed by atoms with E-state index in [2.05, 4.69) is 0 Å². The van der Waals surface area contributed by atoms with Crippen molar-refractivity contribution in [1.29, 1.82) is 0 Å². The third-order valence-corrected chi connectivity index (χ3v) is 0. The van der Waals surface area contributed by atoms with Gasteiger partial charge >= 0.3 is 84.2 Å². The summed E-state index contributed by atoms with van der Waals surface area (Å²) in [5, 5.41) is 0. The summed E-state index contributed by atoms with van der Waals surface area (Å²) >= 11 is 0. The molecule has 0 aliphatic carbocycles. The molecule has 0 aliphatic heterocycles. The Morgan fingerprint density at radius 2 is 1.00 bits per heavy atom. The van der Waals surface area contributed by atoms with Crippen molar-refractivity contribution in [2.75, 3.05) is 0 Å². The molecule has 0 saturated heterocycles. The fourth-order valence-electron chi connectivity index (χ4n) is 0. The maximum Gasteiger partial charge on any atom is 3.00 e. The Morgan fingerprint density at radius 1 is 1.00 bits per heavy atom. The predicted octanol–water partition coefficient (Wildman–Crippen LogP) is -0.388. The zero-order valence-corrected chi connectivity index (χ0v) is 8.21. The molecule has 0 atom stereocenters. The van der Waals surface area contributed by atoms with E-state index in [9.17, 15) is 0 Å². The minimum absolute atomic E-state index is 0. The van der Waals surface area contributed by atoms with Gasteiger partial charge in [-0.2, -0.15) is 0 Å². The van der Waals surface area contributed by atoms with Crippen LogP contribution in [0.15, 0.2) is 0 Å². The second kappa shape index (κ2) is 17.3. The quantitative estimate of drug-likeness (QED) is 0.494. The maximum absolute atomic E-state index is 0. The summed E-state index contributed by atoms with van der Waals surface area (Å²) in [5.41, 5.74) is 0. The Morgan fingerprint density at radius 3 is 1.00 bits per heavy atom. The van der Waals surface area contributed by atoms with Crippen molar-refractivity contribution < 1.29 is 66.8 Å². The topological polar surface area (TPSA) is 0 Å². The number of hydrogen-bond acceptors (Lipinski definition) is 0. The van der Waals surface area contributed by atoms with E-state index >= 15 is 0 Å². The van der Waals surface area contributed by atoms with E-state index in [-0.39, 0.29) is 84.2 Å². The van der Waals surface area contributed by atoms with Gasteiger partial charge in [0.1, 0.15) is 0 Å². The van der Waals surface area contributed by atoms with Gasteiger partial charge in [0.05, 0.1) is 0 Å². The van der Waals surface area contributed by atoms with Gasteiger partial charge in [-0.15, -0.1) is 0 Å². The molecule has 1 radical (unpaired) electrons. The van der Waals surface area contributed by atoms with E-state index in [0.717, 1.165) is 0 Å². The van der Waals surface area contributed by atoms with Gasteiger partial charge in [-0.25, -0.2) is 0 Å². The third-order valence-electron chi connectivity index (χ3n) is 0. The molecule has 0 fully saturated rings. The van der Waals surface area contributed by atoms with Crippen LogP contribution < -0.4 is 0 Å². The molecule has 0 unspecified atom stereocenters. The molecule has 0 aromatic carbocycles. The van der Waals surface area contributed by atoms with E-state index in [1.807, 2.05) is 0 Å². The molecule has 0 N–H and O–H groups in total. The van der Waals surface area contributed by atoms with Gasteiger partial charge in [-0.3, -0.25) is 0 Å². The Hall–Kier alpha value is 2.68. The Bertz CT molecular complexity index is 8.00. The predicted molar refractivity (Wildman–Crippen MR) is 5.75 cm³/mol. The molecule has 4 heteroatoms. The van der Waals surface area contributed by atoms with Gasteiger partial charge in [0.2, 0.25) is 0 Å². The van der Waals surface area contributed by atoms with Crippen molar-refractivity contribution in [3.05, 3.63) is 0 Å². The van der Waals surface area contributed by atoms with Gasteiger partial charge < -0.3 is 0 Å². The van der Waals surface area contributed by atoms with Crippen molar-refractivity contribution in [1.82, 2.24) is 0 Å². The first-order chi connectivity index (χ1) is 0. The van der Waals surface area contributed by atoms with E-state index in [1.54, 1.807) is 0 Å². The molecule has 0 bridgehead atoms. The van der Waals surface area contributed by atoms with Crippen molar-refractivity contribution in [2.45, 2.75) is 0 Å². The maximum atomic E-state index is 0. The summed E-state index contributed by atoms with van der Waals surface area (Å²) in [5.74, 6) is 0. The van der Waals surface area contributed by atoms with Crippen molar-refractivity contribution in [3.8, 4) is 0 Å². The fourth-order valence-corrected chi connectivity index (χ4v) is 0. The average molecular weight is 227 g/mol. The molecule has 0 heterocycles. The molecule has 11 valence electrons. The van der Waals surface area contributed by atoms with Gasteiger partial charge in [0.15, 0.2) is 0 Å². The molecule has 4 heavy (non-hydrogen) atoms. The zero-order chi connectivity index (χ0) is 0. The van der Waals surface area contributed by atoms with Crippen LogP contribution in [0.2, 0.25) is 0 Å². The molecule has 0 aromatic rings. The monoisotopic (exact) mass is 227 g/mol. The number of hydrogen-bond donors (Lipinski definition) is 0. The molecule has 0 amide bonds. The Balaban J connectivity index is 0. The van der Waals surface area contributed by atoms with E-state index in [4.69, 9.17) is 0 Å². The van der Waals surface area contributed by atoms with Crippen LogP contribution in [0.25, 0.3) is 0 Å². The summed E-state index contributed by atoms with van der Waals surface area (Å²) < 4.78 is 0. The molecule has 0 aromatic heterocycles. The summed E-state index contributed by atoms with van der Waals surface area (Å²) in [7, 11) is 0. The first-order valence-corrected chi connectivity index (χ1v) is 0. The largest absolute Gasteiger partial charge is 3.00 e. The normalized spacial score (nSPS) is 0. The summed E-state index contributed by atoms with van der Waals surface area (Å²) in [6.07, 6.45) is 0. The summed E-state index contributed by atoms with van der Waals surface area (Å²) in [4.78, 5) is 0. The SMILES string of the molecule is [Al+3].[Co+2].[Cr+2].[Y+3]. The van der Waals surface area contributed by atoms with Gasteiger partial charge in [-0.05, 0) is 0 Å². The summed E-state index contributed by atoms with van der Waals surface area (Å²) in [6.45, 7) is 0. The van der Waals surface area contributed by atoms with Crippen LogP contribution in [0, 0.1) is 0 Å². The van der Waals surface area contributed by atoms with Crippen molar-refractivity contribution >= 4 is 17.4 Å². The standard InChI is InChI=1S/Al.Co.Cr.Y/q+3;2*+2;+3. The first-order valence-electron chi connectivity index (χ1n) is 0. The molecular formula is AlCoCrY+10. The van der Waals surface area contributed by atoms with Crippen LogP contribution in [0.1, 0.15) is 0 Å². The molecule has 0 saturated carbocycles. The fraction of sp³-hybridized carbons (Fsp3) is 0. The van der Waals surface area contributed by atoms with Crippen molar-refractivity contribution in [2.24, 2.45) is 0 Å². The van der Waals surface area contributed by atoms with Crippen molar-refractivity contribution in [3.63, 3.8) is 0 Å². The first kappa shape index (κ1) is 30.0. The zero-order valence-electron chi connectivity index (χ0n) is 1.90. The second-order valence-electron chi connectivity index (χ2n) is 0. The molecule has 0 spiro atoms. The van der Waals surface area contributed by atoms with Gasteiger partial charge in [0, 0.05) is 0 Å². The number of rotatable bonds is 0. The molecule has 0 aliphatic rings. The Kier molecular flexibility index (Phi) is 130.